The number of rotatable bonds is 4. The third-order valence-corrected chi connectivity index (χ3v) is 3.89. The molecule has 106 valence electrons. The molecule has 2 rings (SSSR count). The summed E-state index contributed by atoms with van der Waals surface area (Å²) in [7, 11) is 1.55. The normalized spacial score (nSPS) is 10.8. The van der Waals surface area contributed by atoms with Crippen molar-refractivity contribution in [3.8, 4) is 0 Å². The molecular formula is C13H12BrClFN3O. The predicted octanol–water partition coefficient (Wildman–Crippen LogP) is 3.35. The average molecular weight is 361 g/mol. The first-order chi connectivity index (χ1) is 9.52. The number of hydrogen-bond donors (Lipinski definition) is 1. The van der Waals surface area contributed by atoms with Crippen molar-refractivity contribution in [3.63, 3.8) is 0 Å². The van der Waals surface area contributed by atoms with Gasteiger partial charge in [0.05, 0.1) is 16.8 Å². The van der Waals surface area contributed by atoms with Crippen molar-refractivity contribution in [3.05, 3.63) is 50.6 Å². The lowest BCUT2D eigenvalue weighted by atomic mass is 10.1. The Morgan fingerprint density at radius 3 is 2.80 bits per heavy atom. The van der Waals surface area contributed by atoms with Crippen LogP contribution < -0.4 is 5.73 Å². The molecule has 0 atom stereocenters. The number of nitrogen functional groups attached to an aromatic ring is 1. The van der Waals surface area contributed by atoms with E-state index in [0.717, 1.165) is 0 Å². The first-order valence-corrected chi connectivity index (χ1v) is 6.92. The van der Waals surface area contributed by atoms with Gasteiger partial charge >= 0.3 is 0 Å². The zero-order valence-electron chi connectivity index (χ0n) is 10.7. The van der Waals surface area contributed by atoms with Crippen molar-refractivity contribution >= 4 is 33.3 Å². The molecule has 0 spiro atoms. The van der Waals surface area contributed by atoms with Crippen LogP contribution in [0.25, 0.3) is 0 Å². The van der Waals surface area contributed by atoms with Crippen LogP contribution in [0.3, 0.4) is 0 Å². The Kier molecular flexibility index (Phi) is 4.91. The summed E-state index contributed by atoms with van der Waals surface area (Å²) in [5.41, 5.74) is 6.76. The van der Waals surface area contributed by atoms with Gasteiger partial charge in [-0.05, 0) is 28.1 Å². The molecule has 0 unspecified atom stereocenters. The van der Waals surface area contributed by atoms with Gasteiger partial charge in [-0.3, -0.25) is 0 Å². The second-order valence-corrected chi connectivity index (χ2v) is 5.30. The largest absolute Gasteiger partial charge is 0.383 e. The van der Waals surface area contributed by atoms with E-state index in [-0.39, 0.29) is 18.8 Å². The van der Waals surface area contributed by atoms with E-state index >= 15 is 0 Å². The summed E-state index contributed by atoms with van der Waals surface area (Å²) >= 11 is 9.29. The van der Waals surface area contributed by atoms with Gasteiger partial charge in [-0.1, -0.05) is 17.7 Å². The van der Waals surface area contributed by atoms with E-state index < -0.39 is 5.82 Å². The van der Waals surface area contributed by atoms with Crippen LogP contribution in [-0.2, 0) is 17.8 Å². The average Bonchev–Trinajstić information content (AvgIpc) is 2.40. The molecule has 7 heteroatoms. The topological polar surface area (TPSA) is 61.0 Å². The third kappa shape index (κ3) is 3.26. The number of nitrogens with zero attached hydrogens (tertiary/aromatic N) is 2. The summed E-state index contributed by atoms with van der Waals surface area (Å²) in [4.78, 5) is 8.44. The number of anilines is 1. The first kappa shape index (κ1) is 15.2. The Labute approximate surface area is 129 Å². The Morgan fingerprint density at radius 1 is 1.40 bits per heavy atom. The molecule has 4 nitrogen and oxygen atoms in total. The Morgan fingerprint density at radius 2 is 2.15 bits per heavy atom. The highest BCUT2D eigenvalue weighted by Gasteiger charge is 2.14. The van der Waals surface area contributed by atoms with Crippen molar-refractivity contribution in [1.82, 2.24) is 9.97 Å². The second-order valence-electron chi connectivity index (χ2n) is 4.10. The van der Waals surface area contributed by atoms with E-state index in [4.69, 9.17) is 22.1 Å². The van der Waals surface area contributed by atoms with E-state index in [1.807, 2.05) is 0 Å². The molecule has 1 heterocycles. The fourth-order valence-corrected chi connectivity index (χ4v) is 2.26. The van der Waals surface area contributed by atoms with Crippen LogP contribution in [0.5, 0.6) is 0 Å². The number of hydrogen-bond acceptors (Lipinski definition) is 4. The van der Waals surface area contributed by atoms with Crippen molar-refractivity contribution in [2.24, 2.45) is 0 Å². The molecule has 0 radical (unpaired) electrons. The highest BCUT2D eigenvalue weighted by atomic mass is 79.9. The van der Waals surface area contributed by atoms with Gasteiger partial charge < -0.3 is 10.5 Å². The number of ether oxygens (including phenoxy) is 1. The van der Waals surface area contributed by atoms with Gasteiger partial charge in [0, 0.05) is 24.1 Å². The van der Waals surface area contributed by atoms with Crippen LogP contribution in [0, 0.1) is 5.82 Å². The maximum Gasteiger partial charge on any atom is 0.141 e. The van der Waals surface area contributed by atoms with Gasteiger partial charge in [0.2, 0.25) is 0 Å². The lowest BCUT2D eigenvalue weighted by Crippen LogP contribution is -2.07. The van der Waals surface area contributed by atoms with Crippen LogP contribution in [0.15, 0.2) is 22.7 Å². The summed E-state index contributed by atoms with van der Waals surface area (Å²) in [6.07, 6.45) is 0.166. The van der Waals surface area contributed by atoms with Crippen molar-refractivity contribution in [2.75, 3.05) is 12.8 Å². The summed E-state index contributed by atoms with van der Waals surface area (Å²) < 4.78 is 19.4. The van der Waals surface area contributed by atoms with Crippen LogP contribution in [-0.4, -0.2) is 17.1 Å². The summed E-state index contributed by atoms with van der Waals surface area (Å²) in [5, 5.41) is 0.336. The van der Waals surface area contributed by atoms with E-state index in [0.29, 0.717) is 26.6 Å². The molecule has 20 heavy (non-hydrogen) atoms. The fourth-order valence-electron chi connectivity index (χ4n) is 1.74. The van der Waals surface area contributed by atoms with Crippen LogP contribution in [0.4, 0.5) is 10.2 Å². The van der Waals surface area contributed by atoms with Crippen molar-refractivity contribution < 1.29 is 9.13 Å². The highest BCUT2D eigenvalue weighted by Crippen LogP contribution is 2.25. The molecule has 0 amide bonds. The SMILES string of the molecule is COCc1nc(Cc2c(F)cccc2Cl)nc(N)c1Br. The minimum Gasteiger partial charge on any atom is -0.383 e. The summed E-state index contributed by atoms with van der Waals surface area (Å²) in [5.74, 6) is 0.287. The lowest BCUT2D eigenvalue weighted by molar-refractivity contribution is 0.180. The van der Waals surface area contributed by atoms with Crippen molar-refractivity contribution in [1.29, 1.82) is 0 Å². The zero-order chi connectivity index (χ0) is 14.7. The molecule has 0 fully saturated rings. The van der Waals surface area contributed by atoms with E-state index in [2.05, 4.69) is 25.9 Å². The molecule has 2 N–H and O–H groups in total. The van der Waals surface area contributed by atoms with Gasteiger partial charge in [0.25, 0.3) is 0 Å². The van der Waals surface area contributed by atoms with E-state index in [1.165, 1.54) is 6.07 Å². The molecule has 1 aromatic carbocycles. The van der Waals surface area contributed by atoms with Crippen LogP contribution in [0.2, 0.25) is 5.02 Å². The molecule has 2 aromatic rings. The van der Waals surface area contributed by atoms with Gasteiger partial charge in [0.1, 0.15) is 17.5 Å². The lowest BCUT2D eigenvalue weighted by Gasteiger charge is -2.09. The van der Waals surface area contributed by atoms with Gasteiger partial charge in [-0.15, -0.1) is 0 Å². The minimum absolute atomic E-state index is 0.166. The fraction of sp³-hybridized carbons (Fsp3) is 0.231. The Hall–Kier alpha value is -1.24. The summed E-state index contributed by atoms with van der Waals surface area (Å²) in [6.45, 7) is 0.283. The predicted molar refractivity (Wildman–Crippen MR) is 79.1 cm³/mol. The Balaban J connectivity index is 2.39. The molecule has 0 aliphatic rings. The maximum atomic E-state index is 13.8. The second kappa shape index (κ2) is 6.47. The molecular weight excluding hydrogens is 349 g/mol. The third-order valence-electron chi connectivity index (χ3n) is 2.67. The number of methoxy groups -OCH3 is 1. The molecule has 0 saturated heterocycles. The van der Waals surface area contributed by atoms with Gasteiger partial charge in [-0.2, -0.15) is 0 Å². The zero-order valence-corrected chi connectivity index (χ0v) is 13.0. The number of halogens is 3. The molecule has 0 aliphatic heterocycles. The van der Waals surface area contributed by atoms with Gasteiger partial charge in [0.15, 0.2) is 0 Å². The van der Waals surface area contributed by atoms with Crippen LogP contribution >= 0.6 is 27.5 Å². The smallest absolute Gasteiger partial charge is 0.141 e. The number of aromatic nitrogens is 2. The molecule has 0 bridgehead atoms. The molecule has 1 aromatic heterocycles. The molecule has 0 saturated carbocycles. The first-order valence-electron chi connectivity index (χ1n) is 5.75. The Bertz CT molecular complexity index is 619. The monoisotopic (exact) mass is 359 g/mol. The standard InChI is InChI=1S/C13H12BrClFN3O/c1-20-6-10-12(14)13(17)19-11(18-10)5-7-8(15)3-2-4-9(7)16/h2-4H,5-6H2,1H3,(H2,17,18,19). The van der Waals surface area contributed by atoms with Crippen LogP contribution in [0.1, 0.15) is 17.1 Å². The van der Waals surface area contributed by atoms with Gasteiger partial charge in [-0.25, -0.2) is 14.4 Å². The molecule has 0 aliphatic carbocycles. The quantitative estimate of drug-likeness (QED) is 0.908. The maximum absolute atomic E-state index is 13.8. The van der Waals surface area contributed by atoms with E-state index in [1.54, 1.807) is 19.2 Å². The number of nitrogens with two attached hydrogens (primary N) is 1. The number of benzene rings is 1. The van der Waals surface area contributed by atoms with E-state index in [9.17, 15) is 4.39 Å². The minimum atomic E-state index is -0.393. The van der Waals surface area contributed by atoms with Crippen molar-refractivity contribution in [2.45, 2.75) is 13.0 Å². The summed E-state index contributed by atoms with van der Waals surface area (Å²) in [6, 6.07) is 4.52. The highest BCUT2D eigenvalue weighted by molar-refractivity contribution is 9.10.